The second kappa shape index (κ2) is 6.66. The molecule has 2 aromatic rings. The van der Waals surface area contributed by atoms with E-state index >= 15 is 0 Å². The van der Waals surface area contributed by atoms with E-state index in [4.69, 9.17) is 5.11 Å². The molecule has 0 atom stereocenters. The minimum Gasteiger partial charge on any atom is -0.481 e. The number of amides is 1. The molecule has 7 heteroatoms. The van der Waals surface area contributed by atoms with Crippen molar-refractivity contribution in [1.29, 1.82) is 0 Å². The first-order chi connectivity index (χ1) is 11.9. The molecule has 1 aliphatic rings. The van der Waals surface area contributed by atoms with Crippen LogP contribution in [0.2, 0.25) is 0 Å². The number of carboxylic acids is 1. The number of nitrogens with zero attached hydrogens (tertiary/aromatic N) is 3. The predicted octanol–water partition coefficient (Wildman–Crippen LogP) is 2.57. The van der Waals surface area contributed by atoms with E-state index in [0.717, 1.165) is 11.4 Å². The van der Waals surface area contributed by atoms with Crippen LogP contribution < -0.4 is 0 Å². The molecule has 0 radical (unpaired) electrons. The Morgan fingerprint density at radius 2 is 1.88 bits per heavy atom. The van der Waals surface area contributed by atoms with Crippen molar-refractivity contribution in [3.8, 4) is 5.69 Å². The number of piperidine rings is 1. The number of aliphatic carboxylic acids is 1. The summed E-state index contributed by atoms with van der Waals surface area (Å²) in [4.78, 5) is 25.1. The van der Waals surface area contributed by atoms with E-state index in [1.54, 1.807) is 17.0 Å². The topological polar surface area (TPSA) is 75.4 Å². The number of likely N-dealkylation sites (tertiary alicyclic amines) is 1. The average molecular weight is 345 g/mol. The zero-order valence-electron chi connectivity index (χ0n) is 14.2. The number of hydrogen-bond donors (Lipinski definition) is 1. The van der Waals surface area contributed by atoms with Crippen LogP contribution >= 0.6 is 0 Å². The number of aromatic nitrogens is 2. The van der Waals surface area contributed by atoms with E-state index in [9.17, 15) is 14.0 Å². The first-order valence-electron chi connectivity index (χ1n) is 8.22. The highest BCUT2D eigenvalue weighted by Crippen LogP contribution is 2.22. The van der Waals surface area contributed by atoms with Crippen LogP contribution in [0.5, 0.6) is 0 Å². The van der Waals surface area contributed by atoms with Crippen LogP contribution in [-0.4, -0.2) is 44.8 Å². The van der Waals surface area contributed by atoms with Crippen LogP contribution in [-0.2, 0) is 4.79 Å². The molecular formula is C18H20FN3O3. The fourth-order valence-corrected chi connectivity index (χ4v) is 3.20. The Morgan fingerprint density at radius 3 is 2.40 bits per heavy atom. The van der Waals surface area contributed by atoms with Crippen molar-refractivity contribution in [2.45, 2.75) is 26.7 Å². The van der Waals surface area contributed by atoms with E-state index in [-0.39, 0.29) is 11.5 Å². The molecule has 25 heavy (non-hydrogen) atoms. The van der Waals surface area contributed by atoms with Crippen molar-refractivity contribution < 1.29 is 19.1 Å². The number of carboxylic acid groups (broad SMARTS) is 1. The second-order valence-corrected chi connectivity index (χ2v) is 6.41. The number of carbonyl (C=O) groups is 2. The van der Waals surface area contributed by atoms with Gasteiger partial charge in [0.05, 0.1) is 11.6 Å². The third-order valence-electron chi connectivity index (χ3n) is 4.56. The Hall–Kier alpha value is -2.70. The number of benzene rings is 1. The summed E-state index contributed by atoms with van der Waals surface area (Å²) in [6.45, 7) is 4.42. The van der Waals surface area contributed by atoms with Gasteiger partial charge in [-0.2, -0.15) is 5.10 Å². The normalized spacial score (nSPS) is 15.4. The minimum absolute atomic E-state index is 0.261. The van der Waals surface area contributed by atoms with Crippen LogP contribution in [0.4, 0.5) is 4.39 Å². The van der Waals surface area contributed by atoms with Crippen molar-refractivity contribution >= 4 is 11.9 Å². The van der Waals surface area contributed by atoms with Crippen molar-refractivity contribution in [1.82, 2.24) is 14.7 Å². The Kier molecular flexibility index (Phi) is 4.57. The van der Waals surface area contributed by atoms with Crippen LogP contribution in [0.15, 0.2) is 24.3 Å². The smallest absolute Gasteiger partial charge is 0.306 e. The molecule has 1 saturated heterocycles. The Bertz CT molecular complexity index is 823. The fraction of sp³-hybridized carbons (Fsp3) is 0.389. The van der Waals surface area contributed by atoms with Gasteiger partial charge in [0.15, 0.2) is 0 Å². The largest absolute Gasteiger partial charge is 0.481 e. The summed E-state index contributed by atoms with van der Waals surface area (Å²) in [6.07, 6.45) is 0.848. The van der Waals surface area contributed by atoms with Crippen LogP contribution in [0.25, 0.3) is 5.69 Å². The third kappa shape index (κ3) is 3.40. The highest BCUT2D eigenvalue weighted by molar-refractivity contribution is 5.94. The molecule has 1 N–H and O–H groups in total. The van der Waals surface area contributed by atoms with Gasteiger partial charge in [0, 0.05) is 24.3 Å². The maximum absolute atomic E-state index is 14.5. The molecule has 0 bridgehead atoms. The lowest BCUT2D eigenvalue weighted by atomic mass is 9.96. The molecule has 6 nitrogen and oxygen atoms in total. The van der Waals surface area contributed by atoms with Crippen molar-refractivity contribution in [3.05, 3.63) is 47.0 Å². The molecule has 2 heterocycles. The van der Waals surface area contributed by atoms with Gasteiger partial charge in [-0.15, -0.1) is 0 Å². The van der Waals surface area contributed by atoms with Crippen molar-refractivity contribution in [2.75, 3.05) is 13.1 Å². The van der Waals surface area contributed by atoms with E-state index in [1.165, 1.54) is 10.7 Å². The summed E-state index contributed by atoms with van der Waals surface area (Å²) in [5.41, 5.74) is 2.16. The summed E-state index contributed by atoms with van der Waals surface area (Å²) in [5, 5.41) is 13.3. The van der Waals surface area contributed by atoms with Gasteiger partial charge in [-0.1, -0.05) is 0 Å². The highest BCUT2D eigenvalue weighted by atomic mass is 19.1. The lowest BCUT2D eigenvalue weighted by Crippen LogP contribution is -2.40. The summed E-state index contributed by atoms with van der Waals surface area (Å²) >= 11 is 0. The summed E-state index contributed by atoms with van der Waals surface area (Å²) in [5.74, 6) is -2.03. The molecule has 1 aliphatic heterocycles. The van der Waals surface area contributed by atoms with E-state index < -0.39 is 17.7 Å². The molecule has 1 aromatic heterocycles. The molecule has 1 fully saturated rings. The van der Waals surface area contributed by atoms with Gasteiger partial charge in [0.2, 0.25) is 0 Å². The highest BCUT2D eigenvalue weighted by Gasteiger charge is 2.27. The van der Waals surface area contributed by atoms with Gasteiger partial charge in [-0.05, 0) is 51.0 Å². The first-order valence-corrected chi connectivity index (χ1v) is 8.22. The number of aryl methyl sites for hydroxylation is 2. The van der Waals surface area contributed by atoms with Gasteiger partial charge < -0.3 is 10.0 Å². The van der Waals surface area contributed by atoms with Gasteiger partial charge in [-0.25, -0.2) is 9.07 Å². The van der Waals surface area contributed by atoms with E-state index in [0.29, 0.717) is 31.6 Å². The standard InChI is InChI=1S/C18H20FN3O3/c1-11-9-12(2)22(20-11)16-4-3-14(10-15(16)19)17(23)21-7-5-13(6-8-21)18(24)25/h3-4,9-10,13H,5-8H2,1-2H3,(H,24,25). The van der Waals surface area contributed by atoms with Gasteiger partial charge in [-0.3, -0.25) is 9.59 Å². The van der Waals surface area contributed by atoms with Gasteiger partial charge in [0.25, 0.3) is 5.91 Å². The Labute approximate surface area is 144 Å². The summed E-state index contributed by atoms with van der Waals surface area (Å²) < 4.78 is 16.0. The van der Waals surface area contributed by atoms with Gasteiger partial charge in [0.1, 0.15) is 11.5 Å². The Morgan fingerprint density at radius 1 is 1.20 bits per heavy atom. The molecular weight excluding hydrogens is 325 g/mol. The number of hydrogen-bond acceptors (Lipinski definition) is 3. The molecule has 3 rings (SSSR count). The second-order valence-electron chi connectivity index (χ2n) is 6.41. The molecule has 1 amide bonds. The minimum atomic E-state index is -0.826. The lowest BCUT2D eigenvalue weighted by molar-refractivity contribution is -0.143. The molecule has 0 aliphatic carbocycles. The average Bonchev–Trinajstić information content (AvgIpc) is 2.92. The fourth-order valence-electron chi connectivity index (χ4n) is 3.20. The molecule has 0 unspecified atom stereocenters. The zero-order chi connectivity index (χ0) is 18.1. The lowest BCUT2D eigenvalue weighted by Gasteiger charge is -2.30. The maximum Gasteiger partial charge on any atom is 0.306 e. The molecule has 132 valence electrons. The van der Waals surface area contributed by atoms with Crippen LogP contribution in [0.1, 0.15) is 34.6 Å². The predicted molar refractivity (Wildman–Crippen MR) is 89.3 cm³/mol. The zero-order valence-corrected chi connectivity index (χ0v) is 14.2. The van der Waals surface area contributed by atoms with Crippen LogP contribution in [0.3, 0.4) is 0 Å². The first kappa shape index (κ1) is 17.1. The number of carbonyl (C=O) groups excluding carboxylic acids is 1. The summed E-state index contributed by atoms with van der Waals surface area (Å²) in [6, 6.07) is 6.20. The van der Waals surface area contributed by atoms with Crippen molar-refractivity contribution in [3.63, 3.8) is 0 Å². The molecule has 0 spiro atoms. The number of rotatable bonds is 3. The molecule has 0 saturated carbocycles. The van der Waals surface area contributed by atoms with Gasteiger partial charge >= 0.3 is 5.97 Å². The number of halogens is 1. The van der Waals surface area contributed by atoms with Crippen molar-refractivity contribution in [2.24, 2.45) is 5.92 Å². The Balaban J connectivity index is 1.78. The quantitative estimate of drug-likeness (QED) is 0.928. The van der Waals surface area contributed by atoms with Crippen LogP contribution in [0, 0.1) is 25.6 Å². The maximum atomic E-state index is 14.5. The SMILES string of the molecule is Cc1cc(C)n(-c2ccc(C(=O)N3CCC(C(=O)O)CC3)cc2F)n1. The monoisotopic (exact) mass is 345 g/mol. The van der Waals surface area contributed by atoms with E-state index in [1.807, 2.05) is 19.9 Å². The van der Waals surface area contributed by atoms with E-state index in [2.05, 4.69) is 5.10 Å². The summed E-state index contributed by atoms with van der Waals surface area (Å²) in [7, 11) is 0. The third-order valence-corrected chi connectivity index (χ3v) is 4.56. The molecule has 1 aromatic carbocycles.